The zero-order valence-electron chi connectivity index (χ0n) is 18.6. The van der Waals surface area contributed by atoms with Crippen LogP contribution < -0.4 is 10.6 Å². The van der Waals surface area contributed by atoms with E-state index in [-0.39, 0.29) is 5.91 Å². The minimum atomic E-state index is -0.520. The van der Waals surface area contributed by atoms with Crippen molar-refractivity contribution >= 4 is 40.6 Å². The van der Waals surface area contributed by atoms with Crippen LogP contribution in [0.5, 0.6) is 0 Å². The lowest BCUT2D eigenvalue weighted by Gasteiger charge is -2.34. The van der Waals surface area contributed by atoms with Crippen molar-refractivity contribution in [2.75, 3.05) is 37.3 Å². The Kier molecular flexibility index (Phi) is 5.89. The molecule has 0 atom stereocenters. The van der Waals surface area contributed by atoms with Crippen LogP contribution >= 0.6 is 11.8 Å². The SMILES string of the molecule is CSc1cnc(N2CCN(C(=O)c3ccc(-c4nc5c(C(N)=O)cccc5[nH]4)cc3)CC2)nc1. The zero-order chi connectivity index (χ0) is 23.7. The first-order valence-corrected chi connectivity index (χ1v) is 12.0. The number of amides is 2. The lowest BCUT2D eigenvalue weighted by atomic mass is 10.1. The van der Waals surface area contributed by atoms with Gasteiger partial charge in [-0.05, 0) is 30.5 Å². The smallest absolute Gasteiger partial charge is 0.253 e. The topological polar surface area (TPSA) is 121 Å². The number of nitrogens with two attached hydrogens (primary N) is 1. The Morgan fingerprint density at radius 1 is 1.00 bits per heavy atom. The molecular weight excluding hydrogens is 450 g/mol. The van der Waals surface area contributed by atoms with Gasteiger partial charge in [0.15, 0.2) is 0 Å². The summed E-state index contributed by atoms with van der Waals surface area (Å²) in [6.07, 6.45) is 5.64. The van der Waals surface area contributed by atoms with Crippen LogP contribution in [0.25, 0.3) is 22.4 Å². The van der Waals surface area contributed by atoms with Crippen LogP contribution in [0.2, 0.25) is 0 Å². The lowest BCUT2D eigenvalue weighted by Crippen LogP contribution is -2.49. The van der Waals surface area contributed by atoms with Gasteiger partial charge in [0.2, 0.25) is 5.95 Å². The number of anilines is 1. The van der Waals surface area contributed by atoms with E-state index in [0.29, 0.717) is 54.6 Å². The number of H-pyrrole nitrogens is 1. The van der Waals surface area contributed by atoms with E-state index in [4.69, 9.17) is 5.73 Å². The molecule has 9 nitrogen and oxygen atoms in total. The maximum atomic E-state index is 13.0. The second-order valence-corrected chi connectivity index (χ2v) is 8.81. The third-order valence-electron chi connectivity index (χ3n) is 5.88. The molecule has 172 valence electrons. The van der Waals surface area contributed by atoms with Gasteiger partial charge in [-0.1, -0.05) is 18.2 Å². The molecule has 0 radical (unpaired) electrons. The number of fused-ring (bicyclic) bond motifs is 1. The molecule has 0 spiro atoms. The Bertz CT molecular complexity index is 1340. The molecule has 5 rings (SSSR count). The largest absolute Gasteiger partial charge is 0.366 e. The first kappa shape index (κ1) is 21.9. The number of nitrogens with one attached hydrogen (secondary N) is 1. The summed E-state index contributed by atoms with van der Waals surface area (Å²) >= 11 is 1.61. The summed E-state index contributed by atoms with van der Waals surface area (Å²) in [5, 5.41) is 0. The maximum Gasteiger partial charge on any atom is 0.253 e. The molecule has 2 aromatic carbocycles. The molecule has 0 unspecified atom stereocenters. The number of hydrogen-bond donors (Lipinski definition) is 2. The van der Waals surface area contributed by atoms with Crippen molar-refractivity contribution in [2.45, 2.75) is 4.90 Å². The van der Waals surface area contributed by atoms with Crippen LogP contribution in [0.4, 0.5) is 5.95 Å². The van der Waals surface area contributed by atoms with E-state index in [2.05, 4.69) is 24.8 Å². The maximum absolute atomic E-state index is 13.0. The predicted octanol–water partition coefficient (Wildman–Crippen LogP) is 2.80. The number of carbonyl (C=O) groups excluding carboxylic acids is 2. The first-order chi connectivity index (χ1) is 16.5. The second-order valence-electron chi connectivity index (χ2n) is 7.93. The Morgan fingerprint density at radius 2 is 1.71 bits per heavy atom. The van der Waals surface area contributed by atoms with Crippen LogP contribution in [0.1, 0.15) is 20.7 Å². The summed E-state index contributed by atoms with van der Waals surface area (Å²) in [5.74, 6) is 0.780. The number of primary amides is 1. The Balaban J connectivity index is 1.27. The predicted molar refractivity (Wildman–Crippen MR) is 132 cm³/mol. The third-order valence-corrected chi connectivity index (χ3v) is 6.57. The summed E-state index contributed by atoms with van der Waals surface area (Å²) in [4.78, 5) is 46.3. The Morgan fingerprint density at radius 3 is 2.35 bits per heavy atom. The van der Waals surface area contributed by atoms with Crippen molar-refractivity contribution in [3.8, 4) is 11.4 Å². The monoisotopic (exact) mass is 473 g/mol. The zero-order valence-corrected chi connectivity index (χ0v) is 19.4. The number of hydrogen-bond acceptors (Lipinski definition) is 7. The van der Waals surface area contributed by atoms with Crippen molar-refractivity contribution in [1.29, 1.82) is 0 Å². The molecule has 2 aromatic heterocycles. The summed E-state index contributed by atoms with van der Waals surface area (Å²) < 4.78 is 0. The van der Waals surface area contributed by atoms with E-state index in [1.807, 2.05) is 41.7 Å². The van der Waals surface area contributed by atoms with Gasteiger partial charge in [-0.3, -0.25) is 9.59 Å². The van der Waals surface area contributed by atoms with Gasteiger partial charge in [-0.2, -0.15) is 0 Å². The van der Waals surface area contributed by atoms with E-state index < -0.39 is 5.91 Å². The molecule has 1 saturated heterocycles. The number of thioether (sulfide) groups is 1. The van der Waals surface area contributed by atoms with Gasteiger partial charge in [-0.25, -0.2) is 15.0 Å². The molecule has 0 saturated carbocycles. The molecule has 34 heavy (non-hydrogen) atoms. The van der Waals surface area contributed by atoms with Crippen LogP contribution in [0.15, 0.2) is 59.8 Å². The fraction of sp³-hybridized carbons (Fsp3) is 0.208. The molecule has 0 aliphatic carbocycles. The summed E-state index contributed by atoms with van der Waals surface area (Å²) in [6.45, 7) is 2.58. The molecule has 10 heteroatoms. The van der Waals surface area contributed by atoms with Gasteiger partial charge in [0.25, 0.3) is 11.8 Å². The quantitative estimate of drug-likeness (QED) is 0.428. The van der Waals surface area contributed by atoms with Crippen LogP contribution in [-0.4, -0.2) is 69.1 Å². The van der Waals surface area contributed by atoms with Crippen molar-refractivity contribution in [3.63, 3.8) is 0 Å². The fourth-order valence-electron chi connectivity index (χ4n) is 4.01. The summed E-state index contributed by atoms with van der Waals surface area (Å²) in [5.41, 5.74) is 8.54. The minimum Gasteiger partial charge on any atom is -0.366 e. The summed E-state index contributed by atoms with van der Waals surface area (Å²) in [6, 6.07) is 12.6. The fourth-order valence-corrected chi connectivity index (χ4v) is 4.32. The molecule has 3 N–H and O–H groups in total. The highest BCUT2D eigenvalue weighted by molar-refractivity contribution is 7.98. The van der Waals surface area contributed by atoms with Crippen LogP contribution in [-0.2, 0) is 0 Å². The number of benzene rings is 2. The van der Waals surface area contributed by atoms with E-state index >= 15 is 0 Å². The molecule has 2 amide bonds. The molecular formula is C24H23N7O2S. The van der Waals surface area contributed by atoms with Gasteiger partial charge < -0.3 is 20.5 Å². The molecule has 0 bridgehead atoms. The van der Waals surface area contributed by atoms with Crippen molar-refractivity contribution in [2.24, 2.45) is 5.73 Å². The average molecular weight is 474 g/mol. The average Bonchev–Trinajstić information content (AvgIpc) is 3.33. The van der Waals surface area contributed by atoms with Gasteiger partial charge in [0, 0.05) is 54.6 Å². The Labute approximate surface area is 200 Å². The van der Waals surface area contributed by atoms with Gasteiger partial charge in [0.05, 0.1) is 11.1 Å². The van der Waals surface area contributed by atoms with Gasteiger partial charge >= 0.3 is 0 Å². The lowest BCUT2D eigenvalue weighted by molar-refractivity contribution is 0.0746. The number of nitrogens with zero attached hydrogens (tertiary/aromatic N) is 5. The number of aromatic amines is 1. The van der Waals surface area contributed by atoms with Crippen molar-refractivity contribution in [3.05, 3.63) is 66.0 Å². The molecule has 1 fully saturated rings. The molecule has 1 aliphatic heterocycles. The molecule has 4 aromatic rings. The highest BCUT2D eigenvalue weighted by Gasteiger charge is 2.23. The molecule has 1 aliphatic rings. The summed E-state index contributed by atoms with van der Waals surface area (Å²) in [7, 11) is 0. The van der Waals surface area contributed by atoms with Crippen molar-refractivity contribution in [1.82, 2.24) is 24.8 Å². The first-order valence-electron chi connectivity index (χ1n) is 10.8. The second kappa shape index (κ2) is 9.14. The number of carbonyl (C=O) groups is 2. The van der Waals surface area contributed by atoms with E-state index in [0.717, 1.165) is 16.0 Å². The number of imidazole rings is 1. The number of piperazine rings is 1. The van der Waals surface area contributed by atoms with Crippen LogP contribution in [0.3, 0.4) is 0 Å². The normalized spacial score (nSPS) is 13.9. The highest BCUT2D eigenvalue weighted by Crippen LogP contribution is 2.24. The standard InChI is InChI=1S/C24H23N7O2S/c1-34-17-13-26-24(27-14-17)31-11-9-30(10-12-31)23(33)16-7-5-15(6-8-16)22-28-19-4-2-3-18(21(25)32)20(19)29-22/h2-8,13-14H,9-12H2,1H3,(H2,25,32)(H,28,29). The Hall–Kier alpha value is -3.92. The van der Waals surface area contributed by atoms with E-state index in [1.165, 1.54) is 0 Å². The van der Waals surface area contributed by atoms with Crippen molar-refractivity contribution < 1.29 is 9.59 Å². The number of para-hydroxylation sites is 1. The van der Waals surface area contributed by atoms with Crippen LogP contribution in [0, 0.1) is 0 Å². The number of aromatic nitrogens is 4. The van der Waals surface area contributed by atoms with E-state index in [1.54, 1.807) is 36.0 Å². The highest BCUT2D eigenvalue weighted by atomic mass is 32.2. The minimum absolute atomic E-state index is 0.00882. The van der Waals surface area contributed by atoms with Gasteiger partial charge in [0.1, 0.15) is 11.3 Å². The third kappa shape index (κ3) is 4.19. The van der Waals surface area contributed by atoms with Gasteiger partial charge in [-0.15, -0.1) is 11.8 Å². The number of rotatable bonds is 5. The molecule has 3 heterocycles. The van der Waals surface area contributed by atoms with E-state index in [9.17, 15) is 9.59 Å².